The maximum absolute atomic E-state index is 13.9. The average molecular weight is 750 g/mol. The summed E-state index contributed by atoms with van der Waals surface area (Å²) in [6.45, 7) is 3.31. The molecule has 0 bridgehead atoms. The van der Waals surface area contributed by atoms with Gasteiger partial charge < -0.3 is 29.8 Å². The summed E-state index contributed by atoms with van der Waals surface area (Å²) in [7, 11) is 1.29. The number of likely N-dealkylation sites (tertiary alicyclic amines) is 2. The number of aromatic nitrogens is 4. The number of carbonyl (C=O) groups is 3. The Labute approximate surface area is 326 Å². The summed E-state index contributed by atoms with van der Waals surface area (Å²) in [5.41, 5.74) is 7.99. The molecular formula is C45H47N7O4. The van der Waals surface area contributed by atoms with Crippen LogP contribution in [0.5, 0.6) is 0 Å². The van der Waals surface area contributed by atoms with Gasteiger partial charge in [-0.2, -0.15) is 0 Å². The van der Waals surface area contributed by atoms with Gasteiger partial charge in [-0.3, -0.25) is 9.59 Å². The van der Waals surface area contributed by atoms with Gasteiger partial charge in [0.15, 0.2) is 0 Å². The molecule has 2 aliphatic heterocycles. The van der Waals surface area contributed by atoms with Gasteiger partial charge in [0.1, 0.15) is 17.7 Å². The molecule has 0 spiro atoms. The summed E-state index contributed by atoms with van der Waals surface area (Å²) < 4.78 is 4.83. The van der Waals surface area contributed by atoms with E-state index in [1.54, 1.807) is 4.90 Å². The van der Waals surface area contributed by atoms with E-state index >= 15 is 0 Å². The number of rotatable bonds is 11. The van der Waals surface area contributed by atoms with E-state index in [1.165, 1.54) is 18.2 Å². The Morgan fingerprint density at radius 3 is 2.09 bits per heavy atom. The van der Waals surface area contributed by atoms with Crippen molar-refractivity contribution in [1.82, 2.24) is 35.1 Å². The fourth-order valence-corrected chi connectivity index (χ4v) is 8.22. The van der Waals surface area contributed by atoms with E-state index in [4.69, 9.17) is 14.7 Å². The second kappa shape index (κ2) is 16.2. The van der Waals surface area contributed by atoms with Crippen molar-refractivity contribution in [2.75, 3.05) is 20.2 Å². The maximum Gasteiger partial charge on any atom is 0.407 e. The second-order valence-electron chi connectivity index (χ2n) is 14.8. The molecule has 4 heterocycles. The molecule has 3 amide bonds. The molecule has 0 radical (unpaired) electrons. The lowest BCUT2D eigenvalue weighted by Gasteiger charge is -2.28. The first kappa shape index (κ1) is 36.7. The van der Waals surface area contributed by atoms with Gasteiger partial charge >= 0.3 is 6.09 Å². The monoisotopic (exact) mass is 749 g/mol. The quantitative estimate of drug-likeness (QED) is 0.123. The van der Waals surface area contributed by atoms with Crippen LogP contribution in [0.3, 0.4) is 0 Å². The van der Waals surface area contributed by atoms with Crippen molar-refractivity contribution in [1.29, 1.82) is 0 Å². The average Bonchev–Trinajstić information content (AvgIpc) is 4.08. The van der Waals surface area contributed by atoms with Crippen LogP contribution in [0.4, 0.5) is 4.79 Å². The van der Waals surface area contributed by atoms with Crippen LogP contribution in [-0.4, -0.2) is 67.8 Å². The SMILES string of the molecule is COC(=O)N[C@@H](C(=O)N1CCC[C@H]1c1ncc(-c2ccc(CCc3ccc4nc([C@@H]5CCCN5C(=O)[C@H](C)c5ccccc5)[nH]c4c3)cc2)[nH]1)c1ccccc1. The minimum absolute atomic E-state index is 0.0455. The highest BCUT2D eigenvalue weighted by Gasteiger charge is 2.37. The fraction of sp³-hybridized carbons (Fsp3) is 0.311. The molecule has 0 saturated carbocycles. The molecule has 4 atom stereocenters. The Morgan fingerprint density at radius 1 is 0.768 bits per heavy atom. The number of nitrogens with one attached hydrogen (secondary N) is 3. The van der Waals surface area contributed by atoms with Gasteiger partial charge in [-0.25, -0.2) is 14.8 Å². The Kier molecular flexibility index (Phi) is 10.7. The van der Waals surface area contributed by atoms with Gasteiger partial charge in [-0.1, -0.05) is 91.0 Å². The zero-order chi connectivity index (χ0) is 38.6. The van der Waals surface area contributed by atoms with Crippen molar-refractivity contribution < 1.29 is 19.1 Å². The van der Waals surface area contributed by atoms with Gasteiger partial charge in [-0.05, 0) is 85.4 Å². The van der Waals surface area contributed by atoms with Crippen LogP contribution in [-0.2, 0) is 27.2 Å². The van der Waals surface area contributed by atoms with Crippen molar-refractivity contribution in [3.05, 3.63) is 143 Å². The molecule has 2 aromatic heterocycles. The van der Waals surface area contributed by atoms with Crippen LogP contribution in [0.2, 0.25) is 0 Å². The van der Waals surface area contributed by atoms with Gasteiger partial charge in [0.25, 0.3) is 5.91 Å². The number of ether oxygens (including phenoxy) is 1. The third kappa shape index (κ3) is 7.66. The van der Waals surface area contributed by atoms with E-state index in [-0.39, 0.29) is 29.8 Å². The molecule has 11 nitrogen and oxygen atoms in total. The Hall–Kier alpha value is -6.23. The van der Waals surface area contributed by atoms with Crippen LogP contribution in [0, 0.1) is 0 Å². The first-order valence-electron chi connectivity index (χ1n) is 19.5. The number of aryl methyl sites for hydroxylation is 2. The van der Waals surface area contributed by atoms with E-state index in [1.807, 2.05) is 78.7 Å². The smallest absolute Gasteiger partial charge is 0.407 e. The lowest BCUT2D eigenvalue weighted by molar-refractivity contribution is -0.135. The van der Waals surface area contributed by atoms with Crippen molar-refractivity contribution >= 4 is 28.9 Å². The predicted molar refractivity (Wildman–Crippen MR) is 214 cm³/mol. The number of amides is 3. The number of hydrogen-bond donors (Lipinski definition) is 3. The minimum atomic E-state index is -0.862. The summed E-state index contributed by atoms with van der Waals surface area (Å²) in [6.07, 6.45) is 6.40. The number of nitrogens with zero attached hydrogens (tertiary/aromatic N) is 4. The lowest BCUT2D eigenvalue weighted by Crippen LogP contribution is -2.42. The Bertz CT molecular complexity index is 2300. The predicted octanol–water partition coefficient (Wildman–Crippen LogP) is 7.97. The standard InChI is InChI=1S/C45H47N7O4/c1-29(32-11-5-3-6-12-32)43(53)51-25-10-16-39(51)42-47-35-24-21-31(27-36(35)48-42)18-17-30-19-22-33(23-20-30)37-28-46-41(49-37)38-15-9-26-52(38)44(54)40(50-45(55)56-2)34-13-7-4-8-14-34/h3-8,11-14,19-24,27-29,38-40H,9-10,15-18,25-26H2,1-2H3,(H,46,49)(H,47,48)(H,50,55)/t29-,38+,39+,40-/m1/s1. The summed E-state index contributed by atoms with van der Waals surface area (Å²) in [5, 5.41) is 2.72. The molecule has 3 N–H and O–H groups in total. The molecular weight excluding hydrogens is 703 g/mol. The van der Waals surface area contributed by atoms with Gasteiger partial charge in [0, 0.05) is 13.1 Å². The largest absolute Gasteiger partial charge is 0.453 e. The molecule has 56 heavy (non-hydrogen) atoms. The van der Waals surface area contributed by atoms with E-state index in [0.717, 1.165) is 84.6 Å². The highest BCUT2D eigenvalue weighted by Crippen LogP contribution is 2.36. The van der Waals surface area contributed by atoms with Gasteiger partial charge in [-0.15, -0.1) is 0 Å². The number of H-pyrrole nitrogens is 2. The Morgan fingerprint density at radius 2 is 1.39 bits per heavy atom. The minimum Gasteiger partial charge on any atom is -0.453 e. The molecule has 11 heteroatoms. The number of alkyl carbamates (subject to hydrolysis) is 1. The van der Waals surface area contributed by atoms with Crippen LogP contribution in [0.1, 0.15) is 90.6 Å². The molecule has 0 unspecified atom stereocenters. The van der Waals surface area contributed by atoms with Crippen LogP contribution in [0.25, 0.3) is 22.3 Å². The maximum atomic E-state index is 13.9. The molecule has 2 aliphatic rings. The molecule has 4 aromatic carbocycles. The van der Waals surface area contributed by atoms with Crippen molar-refractivity contribution in [3.63, 3.8) is 0 Å². The normalized spacial score (nSPS) is 17.9. The molecule has 2 fully saturated rings. The number of aromatic amines is 2. The van der Waals surface area contributed by atoms with E-state index in [9.17, 15) is 14.4 Å². The van der Waals surface area contributed by atoms with Crippen LogP contribution in [0.15, 0.2) is 109 Å². The lowest BCUT2D eigenvalue weighted by atomic mass is 9.99. The van der Waals surface area contributed by atoms with E-state index < -0.39 is 12.1 Å². The summed E-state index contributed by atoms with van der Waals surface area (Å²) in [5.74, 6) is 1.34. The van der Waals surface area contributed by atoms with Crippen LogP contribution < -0.4 is 5.32 Å². The zero-order valence-electron chi connectivity index (χ0n) is 31.8. The first-order chi connectivity index (χ1) is 27.4. The van der Waals surface area contributed by atoms with Crippen molar-refractivity contribution in [2.45, 2.75) is 69.5 Å². The Balaban J connectivity index is 0.900. The second-order valence-corrected chi connectivity index (χ2v) is 14.8. The third-order valence-electron chi connectivity index (χ3n) is 11.3. The number of fused-ring (bicyclic) bond motifs is 1. The number of methoxy groups -OCH3 is 1. The molecule has 286 valence electrons. The number of benzene rings is 4. The number of carbonyl (C=O) groups excluding carboxylic acids is 3. The van der Waals surface area contributed by atoms with Gasteiger partial charge in [0.05, 0.1) is 48.0 Å². The topological polar surface area (TPSA) is 136 Å². The summed E-state index contributed by atoms with van der Waals surface area (Å²) in [6, 6.07) is 33.0. The van der Waals surface area contributed by atoms with Gasteiger partial charge in [0.2, 0.25) is 5.91 Å². The van der Waals surface area contributed by atoms with Crippen LogP contribution >= 0.6 is 0 Å². The molecule has 8 rings (SSSR count). The summed E-state index contributed by atoms with van der Waals surface area (Å²) in [4.78, 5) is 60.1. The van der Waals surface area contributed by atoms with E-state index in [0.29, 0.717) is 12.1 Å². The first-order valence-corrected chi connectivity index (χ1v) is 19.5. The summed E-state index contributed by atoms with van der Waals surface area (Å²) >= 11 is 0. The highest BCUT2D eigenvalue weighted by molar-refractivity contribution is 5.87. The van der Waals surface area contributed by atoms with E-state index in [2.05, 4.69) is 57.7 Å². The zero-order valence-corrected chi connectivity index (χ0v) is 31.8. The molecule has 6 aromatic rings. The fourth-order valence-electron chi connectivity index (χ4n) is 8.22. The van der Waals surface area contributed by atoms with Crippen molar-refractivity contribution in [3.8, 4) is 11.3 Å². The number of imidazole rings is 2. The molecule has 0 aliphatic carbocycles. The third-order valence-corrected chi connectivity index (χ3v) is 11.3. The number of hydrogen-bond acceptors (Lipinski definition) is 6. The van der Waals surface area contributed by atoms with Crippen molar-refractivity contribution in [2.24, 2.45) is 0 Å². The molecule has 2 saturated heterocycles. The highest BCUT2D eigenvalue weighted by atomic mass is 16.5.